The van der Waals surface area contributed by atoms with Crippen molar-refractivity contribution in [3.05, 3.63) is 48.0 Å². The summed E-state index contributed by atoms with van der Waals surface area (Å²) in [7, 11) is -1.39. The van der Waals surface area contributed by atoms with Gasteiger partial charge >= 0.3 is 0 Å². The molecular formula is C20H29FN6O2S. The van der Waals surface area contributed by atoms with Gasteiger partial charge in [0.2, 0.25) is 10.0 Å². The average molecular weight is 437 g/mol. The van der Waals surface area contributed by atoms with Gasteiger partial charge in [-0.3, -0.25) is 4.99 Å². The summed E-state index contributed by atoms with van der Waals surface area (Å²) in [6, 6.07) is 8.33. The highest BCUT2D eigenvalue weighted by Crippen LogP contribution is 2.14. The van der Waals surface area contributed by atoms with Gasteiger partial charge in [-0.05, 0) is 50.1 Å². The van der Waals surface area contributed by atoms with Crippen LogP contribution in [0, 0.1) is 5.82 Å². The summed E-state index contributed by atoms with van der Waals surface area (Å²) in [4.78, 5) is 4.26. The first-order valence-electron chi connectivity index (χ1n) is 10.2. The summed E-state index contributed by atoms with van der Waals surface area (Å²) in [5.41, 5.74) is 1.73. The highest BCUT2D eigenvalue weighted by molar-refractivity contribution is 7.89. The minimum atomic E-state index is -3.11. The van der Waals surface area contributed by atoms with E-state index in [0.29, 0.717) is 32.0 Å². The first-order chi connectivity index (χ1) is 14.4. The number of halogens is 1. The summed E-state index contributed by atoms with van der Waals surface area (Å²) in [6.45, 7) is 3.40. The van der Waals surface area contributed by atoms with E-state index in [4.69, 9.17) is 0 Å². The van der Waals surface area contributed by atoms with Gasteiger partial charge in [0.1, 0.15) is 5.82 Å². The van der Waals surface area contributed by atoms with E-state index in [0.717, 1.165) is 24.2 Å². The van der Waals surface area contributed by atoms with Crippen LogP contribution in [0.4, 0.5) is 4.39 Å². The van der Waals surface area contributed by atoms with Crippen molar-refractivity contribution in [3.8, 4) is 5.69 Å². The van der Waals surface area contributed by atoms with Crippen LogP contribution in [-0.4, -0.2) is 66.9 Å². The molecule has 1 saturated heterocycles. The predicted octanol–water partition coefficient (Wildman–Crippen LogP) is 1.53. The maximum atomic E-state index is 13.1. The van der Waals surface area contributed by atoms with Gasteiger partial charge in [0.25, 0.3) is 0 Å². The molecule has 3 rings (SSSR count). The van der Waals surface area contributed by atoms with Crippen LogP contribution in [0.1, 0.15) is 25.5 Å². The Morgan fingerprint density at radius 1 is 1.23 bits per heavy atom. The number of nitrogens with zero attached hydrogens (tertiary/aromatic N) is 4. The Morgan fingerprint density at radius 2 is 1.93 bits per heavy atom. The summed E-state index contributed by atoms with van der Waals surface area (Å²) < 4.78 is 40.3. The number of benzene rings is 1. The molecule has 1 aromatic carbocycles. The van der Waals surface area contributed by atoms with E-state index in [1.807, 2.05) is 12.3 Å². The van der Waals surface area contributed by atoms with E-state index >= 15 is 0 Å². The van der Waals surface area contributed by atoms with Crippen molar-refractivity contribution >= 4 is 16.0 Å². The normalized spacial score (nSPS) is 16.6. The van der Waals surface area contributed by atoms with E-state index in [2.05, 4.69) is 20.7 Å². The lowest BCUT2D eigenvalue weighted by molar-refractivity contribution is 0.306. The molecule has 1 aliphatic heterocycles. The topological polar surface area (TPSA) is 91.6 Å². The van der Waals surface area contributed by atoms with Crippen molar-refractivity contribution in [3.63, 3.8) is 0 Å². The van der Waals surface area contributed by atoms with Gasteiger partial charge in [-0.2, -0.15) is 5.10 Å². The highest BCUT2D eigenvalue weighted by Gasteiger charge is 2.26. The lowest BCUT2D eigenvalue weighted by Crippen LogP contribution is -2.50. The van der Waals surface area contributed by atoms with Crippen molar-refractivity contribution in [1.82, 2.24) is 24.7 Å². The van der Waals surface area contributed by atoms with Crippen molar-refractivity contribution in [2.45, 2.75) is 32.2 Å². The third-order valence-corrected chi connectivity index (χ3v) is 7.07. The molecule has 8 nitrogen and oxygen atoms in total. The number of hydrogen-bond acceptors (Lipinski definition) is 4. The Balaban J connectivity index is 1.44. The minimum Gasteiger partial charge on any atom is -0.356 e. The number of sulfonamides is 1. The SMILES string of the molecule is CCS(=O)(=O)N1CCC(NC(=NC)NCCc2ccn(-c3ccc(F)cc3)n2)CC1. The number of piperidine rings is 1. The molecule has 0 aliphatic carbocycles. The smallest absolute Gasteiger partial charge is 0.213 e. The monoisotopic (exact) mass is 436 g/mol. The van der Waals surface area contributed by atoms with Crippen molar-refractivity contribution < 1.29 is 12.8 Å². The molecule has 1 aromatic heterocycles. The molecule has 2 N–H and O–H groups in total. The van der Waals surface area contributed by atoms with Crippen LogP contribution in [0.3, 0.4) is 0 Å². The van der Waals surface area contributed by atoms with E-state index in [1.165, 1.54) is 12.1 Å². The molecule has 164 valence electrons. The molecule has 0 radical (unpaired) electrons. The molecule has 0 unspecified atom stereocenters. The summed E-state index contributed by atoms with van der Waals surface area (Å²) >= 11 is 0. The van der Waals surface area contributed by atoms with Crippen LogP contribution >= 0.6 is 0 Å². The number of rotatable bonds is 7. The van der Waals surface area contributed by atoms with E-state index in [9.17, 15) is 12.8 Å². The third kappa shape index (κ3) is 5.79. The standard InChI is InChI=1S/C20H29FN6O2S/c1-3-30(28,29)26-13-9-17(10-14-26)24-20(22-2)23-12-8-18-11-15-27(25-18)19-6-4-16(21)5-7-19/h4-7,11,15,17H,3,8-10,12-14H2,1-2H3,(H2,22,23,24). The largest absolute Gasteiger partial charge is 0.356 e. The summed E-state index contributed by atoms with van der Waals surface area (Å²) in [5.74, 6) is 0.572. The van der Waals surface area contributed by atoms with Crippen LogP contribution < -0.4 is 10.6 Å². The zero-order valence-electron chi connectivity index (χ0n) is 17.4. The van der Waals surface area contributed by atoms with Gasteiger partial charge in [-0.15, -0.1) is 0 Å². The van der Waals surface area contributed by atoms with Gasteiger partial charge < -0.3 is 10.6 Å². The molecule has 0 amide bonds. The fourth-order valence-corrected chi connectivity index (χ4v) is 4.52. The van der Waals surface area contributed by atoms with Gasteiger partial charge in [0.15, 0.2) is 5.96 Å². The number of hydrogen-bond donors (Lipinski definition) is 2. The zero-order valence-corrected chi connectivity index (χ0v) is 18.2. The van der Waals surface area contributed by atoms with Crippen LogP contribution in [0.5, 0.6) is 0 Å². The van der Waals surface area contributed by atoms with Gasteiger partial charge in [0.05, 0.1) is 17.1 Å². The Labute approximate surface area is 177 Å². The van der Waals surface area contributed by atoms with Crippen LogP contribution in [0.25, 0.3) is 5.69 Å². The lowest BCUT2D eigenvalue weighted by atomic mass is 10.1. The quantitative estimate of drug-likeness (QED) is 0.507. The lowest BCUT2D eigenvalue weighted by Gasteiger charge is -2.32. The van der Waals surface area contributed by atoms with E-state index < -0.39 is 10.0 Å². The Hall–Kier alpha value is -2.46. The summed E-state index contributed by atoms with van der Waals surface area (Å²) in [6.07, 6.45) is 4.07. The fraction of sp³-hybridized carbons (Fsp3) is 0.500. The van der Waals surface area contributed by atoms with Crippen molar-refractivity contribution in [2.75, 3.05) is 32.4 Å². The molecular weight excluding hydrogens is 407 g/mol. The number of guanidine groups is 1. The molecule has 0 bridgehead atoms. The molecule has 10 heteroatoms. The van der Waals surface area contributed by atoms with Crippen LogP contribution in [-0.2, 0) is 16.4 Å². The molecule has 0 spiro atoms. The maximum Gasteiger partial charge on any atom is 0.213 e. The molecule has 1 aliphatic rings. The Bertz CT molecular complexity index is 950. The number of aliphatic imine (C=N–C) groups is 1. The first-order valence-corrected chi connectivity index (χ1v) is 11.8. The number of nitrogens with one attached hydrogen (secondary N) is 2. The van der Waals surface area contributed by atoms with Gasteiger partial charge in [-0.25, -0.2) is 21.8 Å². The highest BCUT2D eigenvalue weighted by atomic mass is 32.2. The zero-order chi connectivity index (χ0) is 21.6. The average Bonchev–Trinajstić information content (AvgIpc) is 3.22. The fourth-order valence-electron chi connectivity index (χ4n) is 3.39. The van der Waals surface area contributed by atoms with E-state index in [1.54, 1.807) is 35.1 Å². The number of aromatic nitrogens is 2. The molecule has 2 aromatic rings. The van der Waals surface area contributed by atoms with Gasteiger partial charge in [-0.1, -0.05) is 0 Å². The van der Waals surface area contributed by atoms with Crippen molar-refractivity contribution in [2.24, 2.45) is 4.99 Å². The summed E-state index contributed by atoms with van der Waals surface area (Å²) in [5, 5.41) is 11.2. The predicted molar refractivity (Wildman–Crippen MR) is 116 cm³/mol. The molecule has 30 heavy (non-hydrogen) atoms. The second-order valence-corrected chi connectivity index (χ2v) is 9.45. The Kier molecular flexibility index (Phi) is 7.43. The second-order valence-electron chi connectivity index (χ2n) is 7.20. The maximum absolute atomic E-state index is 13.1. The second kappa shape index (κ2) is 10.0. The van der Waals surface area contributed by atoms with Gasteiger partial charge in [0, 0.05) is 45.3 Å². The molecule has 2 heterocycles. The molecule has 0 saturated carbocycles. The molecule has 0 atom stereocenters. The first kappa shape index (κ1) is 22.2. The van der Waals surface area contributed by atoms with Crippen molar-refractivity contribution in [1.29, 1.82) is 0 Å². The van der Waals surface area contributed by atoms with E-state index in [-0.39, 0.29) is 17.6 Å². The Morgan fingerprint density at radius 3 is 2.57 bits per heavy atom. The van der Waals surface area contributed by atoms with Crippen LogP contribution in [0.15, 0.2) is 41.5 Å². The molecule has 1 fully saturated rings. The van der Waals surface area contributed by atoms with Crippen LogP contribution in [0.2, 0.25) is 0 Å². The minimum absolute atomic E-state index is 0.144. The third-order valence-electron chi connectivity index (χ3n) is 5.19.